The molecule has 108 valence electrons. The summed E-state index contributed by atoms with van der Waals surface area (Å²) in [6.07, 6.45) is 0.793. The normalized spacial score (nSPS) is 19.5. The summed E-state index contributed by atoms with van der Waals surface area (Å²) in [6, 6.07) is 1.30. The maximum Gasteiger partial charge on any atom is 0.243 e. The highest BCUT2D eigenvalue weighted by Gasteiger charge is 2.32. The van der Waals surface area contributed by atoms with Gasteiger partial charge in [0.15, 0.2) is 0 Å². The highest BCUT2D eigenvalue weighted by atomic mass is 35.5. The van der Waals surface area contributed by atoms with Crippen LogP contribution in [-0.2, 0) is 14.8 Å². The fraction of sp³-hybridized carbons (Fsp3) is 0.600. The highest BCUT2D eigenvalue weighted by molar-refractivity contribution is 7.89. The Morgan fingerprint density at radius 1 is 1.42 bits per heavy atom. The highest BCUT2D eigenvalue weighted by Crippen LogP contribution is 2.34. The molecule has 0 spiro atoms. The third-order valence-corrected chi connectivity index (χ3v) is 6.08. The van der Waals surface area contributed by atoms with Crippen LogP contribution in [0.4, 0.5) is 0 Å². The third kappa shape index (κ3) is 3.81. The van der Waals surface area contributed by atoms with Gasteiger partial charge < -0.3 is 9.84 Å². The fourth-order valence-electron chi connectivity index (χ4n) is 1.74. The molecule has 2 N–H and O–H groups in total. The smallest absolute Gasteiger partial charge is 0.243 e. The summed E-state index contributed by atoms with van der Waals surface area (Å²) >= 11 is 12.5. The number of thiophene rings is 1. The summed E-state index contributed by atoms with van der Waals surface area (Å²) in [5.74, 6) is 0. The zero-order valence-corrected chi connectivity index (χ0v) is 13.0. The molecule has 0 atom stereocenters. The van der Waals surface area contributed by atoms with Gasteiger partial charge in [0, 0.05) is 32.6 Å². The minimum Gasteiger partial charge on any atom is -0.388 e. The average molecular weight is 346 g/mol. The van der Waals surface area contributed by atoms with Crippen molar-refractivity contribution in [2.24, 2.45) is 0 Å². The molecule has 5 nitrogen and oxygen atoms in total. The Labute approximate surface area is 125 Å². The SMILES string of the molecule is O=S(=O)(NCC1(O)CCOCC1)c1cc(Cl)sc1Cl. The van der Waals surface area contributed by atoms with Gasteiger partial charge in [0.05, 0.1) is 9.94 Å². The lowest BCUT2D eigenvalue weighted by Gasteiger charge is -2.31. The van der Waals surface area contributed by atoms with E-state index in [4.69, 9.17) is 27.9 Å². The molecule has 2 rings (SSSR count). The summed E-state index contributed by atoms with van der Waals surface area (Å²) in [5, 5.41) is 10.2. The Bertz CT molecular complexity index is 552. The molecule has 0 bridgehead atoms. The lowest BCUT2D eigenvalue weighted by molar-refractivity contribution is -0.0588. The molecule has 9 heteroatoms. The van der Waals surface area contributed by atoms with Crippen LogP contribution in [0.1, 0.15) is 12.8 Å². The molecule has 0 aliphatic carbocycles. The van der Waals surface area contributed by atoms with Crippen LogP contribution in [0.5, 0.6) is 0 Å². The predicted molar refractivity (Wildman–Crippen MR) is 74.5 cm³/mol. The molecule has 0 radical (unpaired) electrons. The van der Waals surface area contributed by atoms with Gasteiger partial charge in [-0.3, -0.25) is 0 Å². The minimum absolute atomic E-state index is 0.0557. The number of hydrogen-bond donors (Lipinski definition) is 2. The van der Waals surface area contributed by atoms with Crippen LogP contribution < -0.4 is 4.72 Å². The van der Waals surface area contributed by atoms with Crippen molar-refractivity contribution >= 4 is 44.6 Å². The molecular weight excluding hydrogens is 333 g/mol. The zero-order valence-electron chi connectivity index (χ0n) is 9.86. The van der Waals surface area contributed by atoms with Gasteiger partial charge >= 0.3 is 0 Å². The van der Waals surface area contributed by atoms with E-state index in [-0.39, 0.29) is 15.8 Å². The number of halogens is 2. The average Bonchev–Trinajstić information content (AvgIpc) is 2.68. The second-order valence-electron chi connectivity index (χ2n) is 4.35. The first-order chi connectivity index (χ1) is 8.82. The van der Waals surface area contributed by atoms with Crippen LogP contribution >= 0.6 is 34.5 Å². The molecule has 0 saturated carbocycles. The van der Waals surface area contributed by atoms with Crippen LogP contribution in [0.2, 0.25) is 8.67 Å². The summed E-state index contributed by atoms with van der Waals surface area (Å²) in [6.45, 7) is 0.773. The van der Waals surface area contributed by atoms with Crippen molar-refractivity contribution in [3.63, 3.8) is 0 Å². The van der Waals surface area contributed by atoms with E-state index < -0.39 is 15.6 Å². The molecule has 0 aromatic carbocycles. The molecular formula is C10H13Cl2NO4S2. The standard InChI is InChI=1S/C10H13Cl2NO4S2/c11-8-5-7(9(12)18-8)19(15,16)13-6-10(14)1-3-17-4-2-10/h5,13-14H,1-4,6H2. The first-order valence-corrected chi connectivity index (χ1v) is 8.63. The summed E-state index contributed by atoms with van der Waals surface area (Å²) in [4.78, 5) is -0.0557. The van der Waals surface area contributed by atoms with Crippen LogP contribution in [-0.4, -0.2) is 38.9 Å². The Balaban J connectivity index is 2.07. The van der Waals surface area contributed by atoms with Gasteiger partial charge in [0.2, 0.25) is 10.0 Å². The molecule has 1 saturated heterocycles. The molecule has 0 unspecified atom stereocenters. The molecule has 0 amide bonds. The third-order valence-electron chi connectivity index (χ3n) is 2.93. The van der Waals surface area contributed by atoms with Gasteiger partial charge in [-0.25, -0.2) is 13.1 Å². The van der Waals surface area contributed by atoms with Crippen LogP contribution in [0.15, 0.2) is 11.0 Å². The summed E-state index contributed by atoms with van der Waals surface area (Å²) in [7, 11) is -3.76. The Morgan fingerprint density at radius 2 is 2.05 bits per heavy atom. The summed E-state index contributed by atoms with van der Waals surface area (Å²) < 4.78 is 32.0. The van der Waals surface area contributed by atoms with E-state index in [0.717, 1.165) is 11.3 Å². The van der Waals surface area contributed by atoms with E-state index in [1.807, 2.05) is 0 Å². The Kier molecular flexibility index (Phi) is 4.77. The van der Waals surface area contributed by atoms with Crippen LogP contribution in [0.25, 0.3) is 0 Å². The van der Waals surface area contributed by atoms with Crippen molar-refractivity contribution in [2.75, 3.05) is 19.8 Å². The molecule has 1 aromatic rings. The predicted octanol–water partition coefficient (Wildman–Crippen LogP) is 1.87. The minimum atomic E-state index is -3.76. The number of aliphatic hydroxyl groups is 1. The van der Waals surface area contributed by atoms with Gasteiger partial charge in [0.1, 0.15) is 9.23 Å². The van der Waals surface area contributed by atoms with E-state index >= 15 is 0 Å². The molecule has 2 heterocycles. The number of sulfonamides is 1. The maximum absolute atomic E-state index is 12.1. The van der Waals surface area contributed by atoms with Gasteiger partial charge in [-0.05, 0) is 6.07 Å². The monoisotopic (exact) mass is 345 g/mol. The number of nitrogens with one attached hydrogen (secondary N) is 1. The maximum atomic E-state index is 12.1. The largest absolute Gasteiger partial charge is 0.388 e. The molecule has 19 heavy (non-hydrogen) atoms. The van der Waals surface area contributed by atoms with Crippen LogP contribution in [0.3, 0.4) is 0 Å². The van der Waals surface area contributed by atoms with Crippen molar-refractivity contribution < 1.29 is 18.3 Å². The van der Waals surface area contributed by atoms with Crippen molar-refractivity contribution in [1.82, 2.24) is 4.72 Å². The Morgan fingerprint density at radius 3 is 2.58 bits per heavy atom. The molecule has 1 aliphatic rings. The van der Waals surface area contributed by atoms with Gasteiger partial charge in [-0.2, -0.15) is 0 Å². The summed E-state index contributed by atoms with van der Waals surface area (Å²) in [5.41, 5.74) is -1.07. The van der Waals surface area contributed by atoms with E-state index in [1.54, 1.807) is 0 Å². The number of rotatable bonds is 4. The molecule has 1 aliphatic heterocycles. The number of ether oxygens (including phenoxy) is 1. The second kappa shape index (κ2) is 5.85. The molecule has 1 aromatic heterocycles. The van der Waals surface area contributed by atoms with Crippen molar-refractivity contribution in [3.8, 4) is 0 Å². The van der Waals surface area contributed by atoms with E-state index in [1.165, 1.54) is 6.07 Å². The van der Waals surface area contributed by atoms with Gasteiger partial charge in [0.25, 0.3) is 0 Å². The first-order valence-electron chi connectivity index (χ1n) is 5.57. The van der Waals surface area contributed by atoms with E-state index in [0.29, 0.717) is 30.4 Å². The second-order valence-corrected chi connectivity index (χ2v) is 8.37. The zero-order chi connectivity index (χ0) is 14.1. The topological polar surface area (TPSA) is 75.6 Å². The number of hydrogen-bond acceptors (Lipinski definition) is 5. The van der Waals surface area contributed by atoms with Crippen molar-refractivity contribution in [2.45, 2.75) is 23.3 Å². The van der Waals surface area contributed by atoms with Crippen LogP contribution in [0, 0.1) is 0 Å². The fourth-order valence-corrected chi connectivity index (χ4v) is 5.01. The van der Waals surface area contributed by atoms with Crippen molar-refractivity contribution in [3.05, 3.63) is 14.7 Å². The van der Waals surface area contributed by atoms with Gasteiger partial charge in [-0.1, -0.05) is 23.2 Å². The molecule has 1 fully saturated rings. The van der Waals surface area contributed by atoms with Crippen molar-refractivity contribution in [1.29, 1.82) is 0 Å². The van der Waals surface area contributed by atoms with E-state index in [9.17, 15) is 13.5 Å². The Hall–Kier alpha value is 0.110. The lowest BCUT2D eigenvalue weighted by Crippen LogP contribution is -2.46. The van der Waals surface area contributed by atoms with Gasteiger partial charge in [-0.15, -0.1) is 11.3 Å². The quantitative estimate of drug-likeness (QED) is 0.873. The lowest BCUT2D eigenvalue weighted by atomic mass is 9.95. The first kappa shape index (κ1) is 15.5. The van der Waals surface area contributed by atoms with E-state index in [2.05, 4.69) is 4.72 Å².